The molecule has 27 heavy (non-hydrogen) atoms. The second-order valence-electron chi connectivity index (χ2n) is 7.64. The van der Waals surface area contributed by atoms with E-state index in [1.54, 1.807) is 14.2 Å². The van der Waals surface area contributed by atoms with Gasteiger partial charge in [0.2, 0.25) is 0 Å². The second kappa shape index (κ2) is 7.62. The van der Waals surface area contributed by atoms with Gasteiger partial charge in [-0.1, -0.05) is 45.0 Å². The molecule has 0 saturated heterocycles. The summed E-state index contributed by atoms with van der Waals surface area (Å²) in [6.07, 6.45) is 0.483. The lowest BCUT2D eigenvalue weighted by molar-refractivity contribution is 0.178. The number of ether oxygens (including phenoxy) is 2. The van der Waals surface area contributed by atoms with E-state index in [0.717, 1.165) is 5.56 Å². The van der Waals surface area contributed by atoms with Gasteiger partial charge in [0.25, 0.3) is 11.3 Å². The van der Waals surface area contributed by atoms with Crippen LogP contribution < -0.4 is 5.56 Å². The summed E-state index contributed by atoms with van der Waals surface area (Å²) in [5.41, 5.74) is 3.44. The molecule has 3 rings (SSSR count). The van der Waals surface area contributed by atoms with E-state index in [0.29, 0.717) is 29.3 Å². The lowest BCUT2D eigenvalue weighted by Gasteiger charge is -2.19. The van der Waals surface area contributed by atoms with Crippen molar-refractivity contribution < 1.29 is 9.47 Å². The summed E-state index contributed by atoms with van der Waals surface area (Å²) in [4.78, 5) is 21.9. The standard InChI is InChI=1S/C20H26N4O3/c1-20(2,3)14-8-6-13(7-9-14)10-15-16(11-26-4)21-19-22-17(12-27-5)23-24(19)18(15)25/h6-9H,10-12H2,1-5H3,(H,21,22,23). The van der Waals surface area contributed by atoms with Crippen molar-refractivity contribution >= 4 is 5.78 Å². The van der Waals surface area contributed by atoms with Crippen LogP contribution in [0.15, 0.2) is 29.1 Å². The maximum atomic E-state index is 13.0. The molecule has 2 heterocycles. The van der Waals surface area contributed by atoms with Crippen LogP contribution >= 0.6 is 0 Å². The van der Waals surface area contributed by atoms with Crippen LogP contribution in [0, 0.1) is 0 Å². The van der Waals surface area contributed by atoms with Crippen LogP contribution in [0.1, 0.15) is 49.0 Å². The molecule has 0 atom stereocenters. The van der Waals surface area contributed by atoms with Crippen LogP contribution in [-0.4, -0.2) is 33.8 Å². The van der Waals surface area contributed by atoms with Crippen LogP contribution in [-0.2, 0) is 34.5 Å². The Morgan fingerprint density at radius 3 is 2.30 bits per heavy atom. The Morgan fingerprint density at radius 2 is 1.70 bits per heavy atom. The third-order valence-electron chi connectivity index (χ3n) is 4.48. The molecule has 0 amide bonds. The number of methoxy groups -OCH3 is 2. The lowest BCUT2D eigenvalue weighted by atomic mass is 9.86. The molecule has 0 fully saturated rings. The molecular weight excluding hydrogens is 344 g/mol. The van der Waals surface area contributed by atoms with Crippen molar-refractivity contribution in [3.05, 3.63) is 62.8 Å². The third-order valence-corrected chi connectivity index (χ3v) is 4.48. The summed E-state index contributed by atoms with van der Waals surface area (Å²) < 4.78 is 11.7. The highest BCUT2D eigenvalue weighted by atomic mass is 16.5. The Labute approximate surface area is 158 Å². The average molecular weight is 370 g/mol. The van der Waals surface area contributed by atoms with Gasteiger partial charge in [-0.3, -0.25) is 9.89 Å². The summed E-state index contributed by atoms with van der Waals surface area (Å²) in [5, 5.41) is 2.95. The molecule has 2 aromatic heterocycles. The van der Waals surface area contributed by atoms with Crippen LogP contribution in [0.3, 0.4) is 0 Å². The number of rotatable bonds is 6. The fourth-order valence-electron chi connectivity index (χ4n) is 3.00. The van der Waals surface area contributed by atoms with Gasteiger partial charge in [-0.05, 0) is 16.5 Å². The summed E-state index contributed by atoms with van der Waals surface area (Å²) in [5.74, 6) is 0.878. The van der Waals surface area contributed by atoms with Crippen molar-refractivity contribution in [2.75, 3.05) is 14.2 Å². The van der Waals surface area contributed by atoms with E-state index in [-0.39, 0.29) is 24.2 Å². The molecule has 1 N–H and O–H groups in total. The molecular formula is C20H26N4O3. The predicted octanol–water partition coefficient (Wildman–Crippen LogP) is 2.60. The molecule has 7 heteroatoms. The molecule has 0 saturated carbocycles. The largest absolute Gasteiger partial charge is 0.378 e. The van der Waals surface area contributed by atoms with Gasteiger partial charge in [0.1, 0.15) is 6.61 Å². The fourth-order valence-corrected chi connectivity index (χ4v) is 3.00. The second-order valence-corrected chi connectivity index (χ2v) is 7.64. The highest BCUT2D eigenvalue weighted by Crippen LogP contribution is 2.23. The zero-order chi connectivity index (χ0) is 19.6. The number of fused-ring (bicyclic) bond motifs is 1. The lowest BCUT2D eigenvalue weighted by Crippen LogP contribution is -2.23. The zero-order valence-corrected chi connectivity index (χ0v) is 16.5. The average Bonchev–Trinajstić information content (AvgIpc) is 3.01. The highest BCUT2D eigenvalue weighted by Gasteiger charge is 2.17. The monoisotopic (exact) mass is 370 g/mol. The van der Waals surface area contributed by atoms with E-state index in [9.17, 15) is 4.79 Å². The third kappa shape index (κ3) is 4.09. The van der Waals surface area contributed by atoms with Crippen molar-refractivity contribution in [2.24, 2.45) is 0 Å². The topological polar surface area (TPSA) is 81.5 Å². The number of hydrogen-bond acceptors (Lipinski definition) is 5. The molecule has 0 bridgehead atoms. The molecule has 0 radical (unpaired) electrons. The molecule has 0 unspecified atom stereocenters. The van der Waals surface area contributed by atoms with Gasteiger partial charge in [-0.25, -0.2) is 4.98 Å². The van der Waals surface area contributed by atoms with Crippen molar-refractivity contribution in [1.29, 1.82) is 0 Å². The first-order valence-corrected chi connectivity index (χ1v) is 8.90. The number of nitrogens with zero attached hydrogens (tertiary/aromatic N) is 3. The molecule has 7 nitrogen and oxygen atoms in total. The van der Waals surface area contributed by atoms with Gasteiger partial charge in [0, 0.05) is 26.2 Å². The Kier molecular flexibility index (Phi) is 5.43. The number of nitrogens with one attached hydrogen (secondary N) is 1. The first kappa shape index (κ1) is 19.3. The van der Waals surface area contributed by atoms with E-state index >= 15 is 0 Å². The van der Waals surface area contributed by atoms with Gasteiger partial charge in [0.15, 0.2) is 5.82 Å². The fraction of sp³-hybridized carbons (Fsp3) is 0.450. The summed E-state index contributed by atoms with van der Waals surface area (Å²) >= 11 is 0. The highest BCUT2D eigenvalue weighted by molar-refractivity contribution is 5.36. The van der Waals surface area contributed by atoms with Crippen molar-refractivity contribution in [1.82, 2.24) is 19.6 Å². The summed E-state index contributed by atoms with van der Waals surface area (Å²) in [7, 11) is 3.17. The van der Waals surface area contributed by atoms with Crippen molar-refractivity contribution in [3.8, 4) is 0 Å². The van der Waals surface area contributed by atoms with Gasteiger partial charge >= 0.3 is 0 Å². The molecule has 0 spiro atoms. The Bertz CT molecular complexity index is 981. The zero-order valence-electron chi connectivity index (χ0n) is 16.5. The van der Waals surface area contributed by atoms with E-state index in [1.165, 1.54) is 10.1 Å². The first-order chi connectivity index (χ1) is 12.8. The normalized spacial score (nSPS) is 12.0. The van der Waals surface area contributed by atoms with Crippen molar-refractivity contribution in [3.63, 3.8) is 0 Å². The van der Waals surface area contributed by atoms with Crippen LogP contribution in [0.2, 0.25) is 0 Å². The molecule has 0 aliphatic rings. The minimum Gasteiger partial charge on any atom is -0.378 e. The number of aromatic amines is 1. The number of benzene rings is 1. The molecule has 144 valence electrons. The van der Waals surface area contributed by atoms with Gasteiger partial charge in [-0.2, -0.15) is 9.50 Å². The first-order valence-electron chi connectivity index (χ1n) is 8.90. The van der Waals surface area contributed by atoms with E-state index in [4.69, 9.17) is 9.47 Å². The minimum atomic E-state index is -0.165. The molecule has 0 aliphatic heterocycles. The Hall–Kier alpha value is -2.51. The number of H-pyrrole nitrogens is 1. The smallest absolute Gasteiger partial charge is 0.277 e. The van der Waals surface area contributed by atoms with Gasteiger partial charge in [-0.15, -0.1) is 0 Å². The van der Waals surface area contributed by atoms with Crippen LogP contribution in [0.25, 0.3) is 5.78 Å². The van der Waals surface area contributed by atoms with Crippen LogP contribution in [0.4, 0.5) is 0 Å². The van der Waals surface area contributed by atoms with Crippen molar-refractivity contribution in [2.45, 2.75) is 45.8 Å². The Balaban J connectivity index is 2.02. The van der Waals surface area contributed by atoms with E-state index in [1.807, 2.05) is 0 Å². The van der Waals surface area contributed by atoms with E-state index < -0.39 is 0 Å². The quantitative estimate of drug-likeness (QED) is 0.721. The molecule has 1 aromatic carbocycles. The maximum absolute atomic E-state index is 13.0. The van der Waals surface area contributed by atoms with Gasteiger partial charge in [0.05, 0.1) is 12.3 Å². The Morgan fingerprint density at radius 1 is 1.04 bits per heavy atom. The summed E-state index contributed by atoms with van der Waals surface area (Å²) in [6, 6.07) is 8.35. The van der Waals surface area contributed by atoms with E-state index in [2.05, 4.69) is 60.1 Å². The molecule has 3 aromatic rings. The minimum absolute atomic E-state index is 0.0907. The van der Waals surface area contributed by atoms with Crippen LogP contribution in [0.5, 0.6) is 0 Å². The molecule has 0 aliphatic carbocycles. The summed E-state index contributed by atoms with van der Waals surface area (Å²) in [6.45, 7) is 7.08. The number of hydrogen-bond donors (Lipinski definition) is 1. The SMILES string of the molecule is COCc1nc2nc(COC)c(Cc3ccc(C(C)(C)C)cc3)c(=O)n2[nH]1. The number of aromatic nitrogens is 4. The predicted molar refractivity (Wildman–Crippen MR) is 103 cm³/mol. The maximum Gasteiger partial charge on any atom is 0.277 e. The van der Waals surface area contributed by atoms with Gasteiger partial charge < -0.3 is 9.47 Å².